The molecule has 130 valence electrons. The smallest absolute Gasteiger partial charge is 0.399 e. The van der Waals surface area contributed by atoms with Crippen molar-refractivity contribution >= 4 is 30.1 Å². The van der Waals surface area contributed by atoms with E-state index in [4.69, 9.17) is 20.9 Å². The van der Waals surface area contributed by atoms with E-state index >= 15 is 0 Å². The van der Waals surface area contributed by atoms with Gasteiger partial charge in [-0.25, -0.2) is 0 Å². The molecule has 3 rings (SSSR count). The van der Waals surface area contributed by atoms with Gasteiger partial charge in [0.05, 0.1) is 11.2 Å². The number of carbonyl (C=O) groups excluding carboxylic acids is 1. The second-order valence-electron chi connectivity index (χ2n) is 7.81. The normalized spacial score (nSPS) is 25.3. The van der Waals surface area contributed by atoms with E-state index in [0.717, 1.165) is 24.8 Å². The zero-order valence-corrected chi connectivity index (χ0v) is 15.8. The molecule has 0 aromatic heterocycles. The lowest BCUT2D eigenvalue weighted by Crippen LogP contribution is -2.41. The van der Waals surface area contributed by atoms with Crippen LogP contribution >= 0.6 is 11.6 Å². The molecular formula is C18H25BClNO3. The lowest BCUT2D eigenvalue weighted by molar-refractivity contribution is 0.00578. The predicted molar refractivity (Wildman–Crippen MR) is 96.9 cm³/mol. The molecule has 0 radical (unpaired) electrons. The third kappa shape index (κ3) is 2.98. The number of likely N-dealkylation sites (tertiary alicyclic amines) is 1. The zero-order valence-electron chi connectivity index (χ0n) is 15.1. The van der Waals surface area contributed by atoms with Crippen molar-refractivity contribution in [3.05, 3.63) is 28.8 Å². The van der Waals surface area contributed by atoms with Crippen LogP contribution in [0.2, 0.25) is 5.02 Å². The number of hydrogen-bond donors (Lipinski definition) is 0. The van der Waals surface area contributed by atoms with Gasteiger partial charge in [0.2, 0.25) is 0 Å². The van der Waals surface area contributed by atoms with Crippen molar-refractivity contribution in [1.82, 2.24) is 4.90 Å². The molecule has 0 saturated carbocycles. The highest BCUT2D eigenvalue weighted by Gasteiger charge is 2.52. The van der Waals surface area contributed by atoms with Gasteiger partial charge in [-0.05, 0) is 59.6 Å². The summed E-state index contributed by atoms with van der Waals surface area (Å²) in [6.07, 6.45) is 2.12. The summed E-state index contributed by atoms with van der Waals surface area (Å²) in [7, 11) is -0.516. The van der Waals surface area contributed by atoms with Crippen LogP contribution in [0.25, 0.3) is 0 Å². The quantitative estimate of drug-likeness (QED) is 0.769. The molecule has 1 atom stereocenters. The van der Waals surface area contributed by atoms with E-state index in [1.54, 1.807) is 6.07 Å². The third-order valence-electron chi connectivity index (χ3n) is 5.57. The van der Waals surface area contributed by atoms with E-state index in [9.17, 15) is 4.79 Å². The second kappa shape index (κ2) is 6.04. The fourth-order valence-corrected chi connectivity index (χ4v) is 3.49. The van der Waals surface area contributed by atoms with Crippen LogP contribution < -0.4 is 5.46 Å². The molecule has 1 aromatic carbocycles. The summed E-state index contributed by atoms with van der Waals surface area (Å²) >= 11 is 6.45. The molecule has 0 aliphatic carbocycles. The Balaban J connectivity index is 1.82. The first kappa shape index (κ1) is 17.8. The van der Waals surface area contributed by atoms with Crippen molar-refractivity contribution in [2.75, 3.05) is 6.54 Å². The molecular weight excluding hydrogens is 324 g/mol. The van der Waals surface area contributed by atoms with Gasteiger partial charge in [0.15, 0.2) is 0 Å². The van der Waals surface area contributed by atoms with Gasteiger partial charge in [-0.2, -0.15) is 0 Å². The molecule has 24 heavy (non-hydrogen) atoms. The monoisotopic (exact) mass is 349 g/mol. The van der Waals surface area contributed by atoms with Gasteiger partial charge in [-0.1, -0.05) is 17.7 Å². The van der Waals surface area contributed by atoms with Crippen molar-refractivity contribution < 1.29 is 14.1 Å². The average Bonchev–Trinajstić information content (AvgIpc) is 2.99. The Labute approximate surface area is 149 Å². The minimum Gasteiger partial charge on any atom is -0.399 e. The van der Waals surface area contributed by atoms with Gasteiger partial charge in [-0.3, -0.25) is 4.79 Å². The maximum absolute atomic E-state index is 12.7. The van der Waals surface area contributed by atoms with Crippen LogP contribution in [-0.2, 0) is 9.31 Å². The molecule has 4 nitrogen and oxygen atoms in total. The van der Waals surface area contributed by atoms with Gasteiger partial charge >= 0.3 is 7.12 Å². The molecule has 2 heterocycles. The van der Waals surface area contributed by atoms with E-state index in [-0.39, 0.29) is 5.91 Å². The lowest BCUT2D eigenvalue weighted by Gasteiger charge is -2.32. The predicted octanol–water partition coefficient (Wildman–Crippen LogP) is 3.26. The zero-order chi connectivity index (χ0) is 17.7. The summed E-state index contributed by atoms with van der Waals surface area (Å²) in [6.45, 7) is 10.9. The molecule has 0 N–H and O–H groups in total. The van der Waals surface area contributed by atoms with E-state index in [2.05, 4.69) is 6.92 Å². The molecule has 2 fully saturated rings. The third-order valence-corrected chi connectivity index (χ3v) is 5.90. The molecule has 0 bridgehead atoms. The first-order chi connectivity index (χ1) is 11.1. The van der Waals surface area contributed by atoms with Crippen LogP contribution in [-0.4, -0.2) is 41.7 Å². The summed E-state index contributed by atoms with van der Waals surface area (Å²) in [6, 6.07) is 5.69. The van der Waals surface area contributed by atoms with Gasteiger partial charge < -0.3 is 14.2 Å². The highest BCUT2D eigenvalue weighted by Crippen LogP contribution is 2.37. The maximum Gasteiger partial charge on any atom is 0.496 e. The Bertz CT molecular complexity index is 646. The number of amides is 1. The topological polar surface area (TPSA) is 38.8 Å². The molecule has 1 amide bonds. The summed E-state index contributed by atoms with van der Waals surface area (Å²) in [5, 5.41) is 0.506. The Morgan fingerprint density at radius 3 is 2.38 bits per heavy atom. The second-order valence-corrected chi connectivity index (χ2v) is 8.22. The fourth-order valence-electron chi connectivity index (χ4n) is 3.22. The van der Waals surface area contributed by atoms with Crippen LogP contribution in [0.5, 0.6) is 0 Å². The largest absolute Gasteiger partial charge is 0.496 e. The minimum atomic E-state index is -0.516. The SMILES string of the molecule is CC1CCCN1C(=O)c1ccc(B2OC(C)(C)C(C)(C)O2)c(Cl)c1. The number of benzene rings is 1. The number of carbonyl (C=O) groups is 1. The van der Waals surface area contributed by atoms with Crippen molar-refractivity contribution in [1.29, 1.82) is 0 Å². The van der Waals surface area contributed by atoms with E-state index < -0.39 is 18.3 Å². The van der Waals surface area contributed by atoms with Gasteiger partial charge in [0.25, 0.3) is 5.91 Å². The van der Waals surface area contributed by atoms with Crippen LogP contribution in [0, 0.1) is 0 Å². The van der Waals surface area contributed by atoms with Crippen molar-refractivity contribution in [3.63, 3.8) is 0 Å². The average molecular weight is 350 g/mol. The standard InChI is InChI=1S/C18H25BClNO3/c1-12-7-6-10-21(12)16(22)13-8-9-14(15(20)11-13)19-23-17(2,3)18(4,5)24-19/h8-9,11-12H,6-7,10H2,1-5H3. The minimum absolute atomic E-state index is 0.0439. The molecule has 2 aliphatic heterocycles. The summed E-state index contributed by atoms with van der Waals surface area (Å²) < 4.78 is 12.1. The Kier molecular flexibility index (Phi) is 4.48. The highest BCUT2D eigenvalue weighted by molar-refractivity contribution is 6.65. The van der Waals surface area contributed by atoms with Gasteiger partial charge in [0, 0.05) is 28.6 Å². The molecule has 1 aromatic rings. The Morgan fingerprint density at radius 2 is 1.88 bits per heavy atom. The molecule has 6 heteroatoms. The molecule has 2 saturated heterocycles. The maximum atomic E-state index is 12.7. The number of nitrogens with zero attached hydrogens (tertiary/aromatic N) is 1. The number of hydrogen-bond acceptors (Lipinski definition) is 3. The Hall–Kier alpha value is -1.04. The highest BCUT2D eigenvalue weighted by atomic mass is 35.5. The van der Waals surface area contributed by atoms with Crippen molar-refractivity contribution in [3.8, 4) is 0 Å². The lowest BCUT2D eigenvalue weighted by atomic mass is 9.78. The van der Waals surface area contributed by atoms with Crippen LogP contribution in [0.15, 0.2) is 18.2 Å². The van der Waals surface area contributed by atoms with E-state index in [1.165, 1.54) is 0 Å². The van der Waals surface area contributed by atoms with Crippen molar-refractivity contribution in [2.45, 2.75) is 64.7 Å². The summed E-state index contributed by atoms with van der Waals surface area (Å²) in [4.78, 5) is 14.6. The van der Waals surface area contributed by atoms with E-state index in [0.29, 0.717) is 16.6 Å². The van der Waals surface area contributed by atoms with Crippen LogP contribution in [0.4, 0.5) is 0 Å². The fraction of sp³-hybridized carbons (Fsp3) is 0.611. The first-order valence-electron chi connectivity index (χ1n) is 8.58. The first-order valence-corrected chi connectivity index (χ1v) is 8.96. The summed E-state index contributed by atoms with van der Waals surface area (Å²) in [5.74, 6) is 0.0439. The van der Waals surface area contributed by atoms with Gasteiger partial charge in [-0.15, -0.1) is 0 Å². The van der Waals surface area contributed by atoms with Gasteiger partial charge in [0.1, 0.15) is 0 Å². The van der Waals surface area contributed by atoms with E-state index in [1.807, 2.05) is 44.7 Å². The number of halogens is 1. The summed E-state index contributed by atoms with van der Waals surface area (Å²) in [5.41, 5.74) is 0.552. The molecule has 1 unspecified atom stereocenters. The Morgan fingerprint density at radius 1 is 1.25 bits per heavy atom. The van der Waals surface area contributed by atoms with Crippen molar-refractivity contribution in [2.24, 2.45) is 0 Å². The number of rotatable bonds is 2. The van der Waals surface area contributed by atoms with Crippen LogP contribution in [0.1, 0.15) is 57.8 Å². The molecule has 0 spiro atoms. The molecule has 2 aliphatic rings. The van der Waals surface area contributed by atoms with Crippen LogP contribution in [0.3, 0.4) is 0 Å².